The molecule has 27 heavy (non-hydrogen) atoms. The Hall–Kier alpha value is -3.15. The standard InChI is InChI=1S/C21H24N2O4/c1-4-21(20(26)27,17-8-6-5-7-9-17)23-18(24)13-22-19(25)16-11-10-14(2)15(3)12-16/h5-12H,4,13H2,1-3H3,(H,22,25)(H,23,24)(H,26,27). The molecule has 2 aromatic carbocycles. The summed E-state index contributed by atoms with van der Waals surface area (Å²) in [7, 11) is 0. The average molecular weight is 368 g/mol. The van der Waals surface area contributed by atoms with Gasteiger partial charge in [0.1, 0.15) is 0 Å². The summed E-state index contributed by atoms with van der Waals surface area (Å²) in [4.78, 5) is 36.5. The van der Waals surface area contributed by atoms with Crippen LogP contribution in [0.4, 0.5) is 0 Å². The predicted octanol–water partition coefficient (Wildman–Crippen LogP) is 2.54. The number of carbonyl (C=O) groups is 3. The van der Waals surface area contributed by atoms with E-state index in [1.807, 2.05) is 19.9 Å². The molecule has 0 aliphatic carbocycles. The molecular formula is C21H24N2O4. The maximum absolute atomic E-state index is 12.4. The van der Waals surface area contributed by atoms with E-state index < -0.39 is 17.4 Å². The van der Waals surface area contributed by atoms with Crippen LogP contribution in [-0.2, 0) is 15.1 Å². The first kappa shape index (κ1) is 20.2. The molecule has 1 unspecified atom stereocenters. The lowest BCUT2D eigenvalue weighted by atomic mass is 9.87. The Morgan fingerprint density at radius 2 is 1.67 bits per heavy atom. The van der Waals surface area contributed by atoms with Crippen LogP contribution < -0.4 is 10.6 Å². The number of rotatable bonds is 7. The van der Waals surface area contributed by atoms with E-state index in [4.69, 9.17) is 0 Å². The molecule has 142 valence electrons. The molecule has 2 amide bonds. The smallest absolute Gasteiger partial charge is 0.334 e. The van der Waals surface area contributed by atoms with E-state index in [1.54, 1.807) is 49.4 Å². The van der Waals surface area contributed by atoms with E-state index in [-0.39, 0.29) is 18.9 Å². The van der Waals surface area contributed by atoms with Gasteiger partial charge in [-0.25, -0.2) is 4.79 Å². The van der Waals surface area contributed by atoms with E-state index in [1.165, 1.54) is 0 Å². The number of amides is 2. The minimum Gasteiger partial charge on any atom is -0.479 e. The van der Waals surface area contributed by atoms with Gasteiger partial charge >= 0.3 is 5.97 Å². The highest BCUT2D eigenvalue weighted by Crippen LogP contribution is 2.25. The third-order valence-electron chi connectivity index (χ3n) is 4.69. The number of aliphatic carboxylic acids is 1. The largest absolute Gasteiger partial charge is 0.479 e. The molecule has 0 heterocycles. The molecule has 6 nitrogen and oxygen atoms in total. The van der Waals surface area contributed by atoms with Crippen molar-refractivity contribution < 1.29 is 19.5 Å². The molecule has 2 aromatic rings. The summed E-state index contributed by atoms with van der Waals surface area (Å²) in [5.74, 6) is -2.10. The van der Waals surface area contributed by atoms with Gasteiger partial charge in [-0.2, -0.15) is 0 Å². The molecule has 0 radical (unpaired) electrons. The van der Waals surface area contributed by atoms with Crippen LogP contribution in [0.5, 0.6) is 0 Å². The highest BCUT2D eigenvalue weighted by Gasteiger charge is 2.40. The number of nitrogens with one attached hydrogen (secondary N) is 2. The number of hydrogen-bond donors (Lipinski definition) is 3. The lowest BCUT2D eigenvalue weighted by Gasteiger charge is -2.30. The number of aryl methyl sites for hydroxylation is 2. The van der Waals surface area contributed by atoms with Crippen LogP contribution in [0, 0.1) is 13.8 Å². The molecule has 0 aromatic heterocycles. The highest BCUT2D eigenvalue weighted by molar-refractivity contribution is 5.97. The Labute approximate surface area is 158 Å². The van der Waals surface area contributed by atoms with Crippen molar-refractivity contribution in [2.75, 3.05) is 6.54 Å². The van der Waals surface area contributed by atoms with Gasteiger partial charge in [-0.3, -0.25) is 9.59 Å². The van der Waals surface area contributed by atoms with Gasteiger partial charge in [-0.15, -0.1) is 0 Å². The second kappa shape index (κ2) is 8.49. The Kier molecular flexibility index (Phi) is 6.34. The molecule has 0 bridgehead atoms. The molecular weight excluding hydrogens is 344 g/mol. The second-order valence-corrected chi connectivity index (χ2v) is 6.46. The summed E-state index contributed by atoms with van der Waals surface area (Å²) in [5, 5.41) is 14.8. The van der Waals surface area contributed by atoms with Gasteiger partial charge in [-0.05, 0) is 49.1 Å². The van der Waals surface area contributed by atoms with Crippen molar-refractivity contribution in [3.8, 4) is 0 Å². The number of hydrogen-bond acceptors (Lipinski definition) is 3. The minimum atomic E-state index is -1.54. The highest BCUT2D eigenvalue weighted by atomic mass is 16.4. The zero-order valence-corrected chi connectivity index (χ0v) is 15.7. The van der Waals surface area contributed by atoms with Crippen LogP contribution in [0.15, 0.2) is 48.5 Å². The average Bonchev–Trinajstić information content (AvgIpc) is 2.66. The number of carboxylic acid groups (broad SMARTS) is 1. The normalized spacial score (nSPS) is 12.7. The van der Waals surface area contributed by atoms with Crippen LogP contribution in [0.3, 0.4) is 0 Å². The second-order valence-electron chi connectivity index (χ2n) is 6.46. The van der Waals surface area contributed by atoms with Gasteiger partial charge in [0.2, 0.25) is 5.91 Å². The van der Waals surface area contributed by atoms with Crippen LogP contribution in [-0.4, -0.2) is 29.4 Å². The predicted molar refractivity (Wildman–Crippen MR) is 102 cm³/mol. The zero-order chi connectivity index (χ0) is 20.0. The summed E-state index contributed by atoms with van der Waals surface area (Å²) in [5.41, 5.74) is 1.44. The molecule has 3 N–H and O–H groups in total. The van der Waals surface area contributed by atoms with Crippen LogP contribution in [0.1, 0.15) is 40.4 Å². The third-order valence-corrected chi connectivity index (χ3v) is 4.69. The summed E-state index contributed by atoms with van der Waals surface area (Å²) in [6.45, 7) is 5.23. The van der Waals surface area contributed by atoms with Crippen molar-refractivity contribution in [2.24, 2.45) is 0 Å². The topological polar surface area (TPSA) is 95.5 Å². The van der Waals surface area contributed by atoms with E-state index >= 15 is 0 Å². The lowest BCUT2D eigenvalue weighted by molar-refractivity contribution is -0.148. The maximum Gasteiger partial charge on any atom is 0.334 e. The quantitative estimate of drug-likeness (QED) is 0.700. The fourth-order valence-corrected chi connectivity index (χ4v) is 2.84. The monoisotopic (exact) mass is 368 g/mol. The van der Waals surface area contributed by atoms with E-state index in [9.17, 15) is 19.5 Å². The SMILES string of the molecule is CCC(NC(=O)CNC(=O)c1ccc(C)c(C)c1)(C(=O)O)c1ccccc1. The molecule has 2 rings (SSSR count). The first-order valence-corrected chi connectivity index (χ1v) is 8.75. The zero-order valence-electron chi connectivity index (χ0n) is 15.7. The molecule has 0 saturated heterocycles. The third kappa shape index (κ3) is 4.53. The van der Waals surface area contributed by atoms with Gasteiger partial charge in [0.25, 0.3) is 5.91 Å². The molecule has 0 saturated carbocycles. The van der Waals surface area contributed by atoms with Gasteiger partial charge in [0, 0.05) is 5.56 Å². The fraction of sp³-hybridized carbons (Fsp3) is 0.286. The van der Waals surface area contributed by atoms with E-state index in [0.29, 0.717) is 11.1 Å². The Morgan fingerprint density at radius 3 is 2.22 bits per heavy atom. The number of carbonyl (C=O) groups excluding carboxylic acids is 2. The fourth-order valence-electron chi connectivity index (χ4n) is 2.84. The molecule has 0 spiro atoms. The van der Waals surface area contributed by atoms with Crippen LogP contribution in [0.2, 0.25) is 0 Å². The Balaban J connectivity index is 2.09. The van der Waals surface area contributed by atoms with Crippen molar-refractivity contribution in [1.29, 1.82) is 0 Å². The maximum atomic E-state index is 12.4. The molecule has 6 heteroatoms. The minimum absolute atomic E-state index is 0.170. The molecule has 0 fully saturated rings. The Bertz CT molecular complexity index is 849. The Morgan fingerprint density at radius 1 is 1.00 bits per heavy atom. The van der Waals surface area contributed by atoms with Gasteiger partial charge in [0.05, 0.1) is 6.54 Å². The van der Waals surface area contributed by atoms with Crippen molar-refractivity contribution >= 4 is 17.8 Å². The van der Waals surface area contributed by atoms with Gasteiger partial charge in [0.15, 0.2) is 5.54 Å². The van der Waals surface area contributed by atoms with Crippen molar-refractivity contribution in [3.63, 3.8) is 0 Å². The van der Waals surface area contributed by atoms with Crippen molar-refractivity contribution in [1.82, 2.24) is 10.6 Å². The number of benzene rings is 2. The van der Waals surface area contributed by atoms with E-state index in [2.05, 4.69) is 10.6 Å². The van der Waals surface area contributed by atoms with Crippen LogP contribution in [0.25, 0.3) is 0 Å². The summed E-state index contributed by atoms with van der Waals surface area (Å²) in [6, 6.07) is 13.8. The number of carboxylic acids is 1. The van der Waals surface area contributed by atoms with Crippen LogP contribution >= 0.6 is 0 Å². The molecule has 0 aliphatic heterocycles. The molecule has 0 aliphatic rings. The van der Waals surface area contributed by atoms with Gasteiger partial charge < -0.3 is 15.7 Å². The lowest BCUT2D eigenvalue weighted by Crippen LogP contribution is -2.53. The summed E-state index contributed by atoms with van der Waals surface area (Å²) < 4.78 is 0. The first-order valence-electron chi connectivity index (χ1n) is 8.75. The summed E-state index contributed by atoms with van der Waals surface area (Å²) in [6.07, 6.45) is 0.170. The summed E-state index contributed by atoms with van der Waals surface area (Å²) >= 11 is 0. The first-order chi connectivity index (χ1) is 12.8. The molecule has 1 atom stereocenters. The van der Waals surface area contributed by atoms with Crippen molar-refractivity contribution in [3.05, 3.63) is 70.8 Å². The van der Waals surface area contributed by atoms with Gasteiger partial charge in [-0.1, -0.05) is 43.3 Å². The van der Waals surface area contributed by atoms with E-state index in [0.717, 1.165) is 11.1 Å². The van der Waals surface area contributed by atoms with Crippen molar-refractivity contribution in [2.45, 2.75) is 32.7 Å².